The van der Waals surface area contributed by atoms with E-state index in [9.17, 15) is 19.1 Å². The molecular formula is C12H13FN2O4. The second-order valence-corrected chi connectivity index (χ2v) is 4.43. The van der Waals surface area contributed by atoms with E-state index in [4.69, 9.17) is 10.8 Å². The van der Waals surface area contributed by atoms with E-state index in [1.165, 1.54) is 6.07 Å². The van der Waals surface area contributed by atoms with Gasteiger partial charge in [-0.05, 0) is 18.2 Å². The molecule has 1 heterocycles. The van der Waals surface area contributed by atoms with Crippen molar-refractivity contribution in [1.29, 1.82) is 0 Å². The number of carbonyl (C=O) groups excluding carboxylic acids is 1. The molecule has 0 unspecified atom stereocenters. The number of nitrogens with zero attached hydrogens (tertiary/aromatic N) is 1. The van der Waals surface area contributed by atoms with Crippen LogP contribution in [0.5, 0.6) is 0 Å². The summed E-state index contributed by atoms with van der Waals surface area (Å²) in [4.78, 5) is 24.2. The number of halogens is 1. The zero-order chi connectivity index (χ0) is 14.2. The zero-order valence-corrected chi connectivity index (χ0v) is 9.91. The molecule has 1 aromatic carbocycles. The zero-order valence-electron chi connectivity index (χ0n) is 9.91. The van der Waals surface area contributed by atoms with Gasteiger partial charge < -0.3 is 20.8 Å². The lowest BCUT2D eigenvalue weighted by molar-refractivity contribution is -0.141. The van der Waals surface area contributed by atoms with Gasteiger partial charge in [-0.3, -0.25) is 4.79 Å². The van der Waals surface area contributed by atoms with Crippen LogP contribution in [-0.4, -0.2) is 45.7 Å². The van der Waals surface area contributed by atoms with Gasteiger partial charge in [-0.2, -0.15) is 0 Å². The Balaban J connectivity index is 2.33. The normalized spacial score (nSPS) is 22.5. The first kappa shape index (κ1) is 13.3. The molecular weight excluding hydrogens is 255 g/mol. The van der Waals surface area contributed by atoms with E-state index >= 15 is 0 Å². The van der Waals surface area contributed by atoms with Gasteiger partial charge in [-0.15, -0.1) is 0 Å². The van der Waals surface area contributed by atoms with Crippen molar-refractivity contribution in [2.45, 2.75) is 18.6 Å². The summed E-state index contributed by atoms with van der Waals surface area (Å²) in [7, 11) is 0. The van der Waals surface area contributed by atoms with Crippen molar-refractivity contribution in [2.75, 3.05) is 12.3 Å². The molecule has 2 atom stereocenters. The van der Waals surface area contributed by atoms with Crippen LogP contribution in [0.4, 0.5) is 10.1 Å². The maximum atomic E-state index is 13.1. The molecule has 1 aliphatic heterocycles. The number of aliphatic carboxylic acids is 1. The molecule has 19 heavy (non-hydrogen) atoms. The Morgan fingerprint density at radius 1 is 1.42 bits per heavy atom. The Kier molecular flexibility index (Phi) is 3.39. The summed E-state index contributed by atoms with van der Waals surface area (Å²) in [5.74, 6) is -2.54. The van der Waals surface area contributed by atoms with Crippen LogP contribution >= 0.6 is 0 Å². The molecule has 0 aliphatic carbocycles. The number of carbonyl (C=O) groups is 2. The molecule has 0 aromatic heterocycles. The molecule has 1 aliphatic rings. The van der Waals surface area contributed by atoms with E-state index in [0.717, 1.165) is 17.0 Å². The molecule has 0 radical (unpaired) electrons. The van der Waals surface area contributed by atoms with Crippen molar-refractivity contribution in [3.05, 3.63) is 29.6 Å². The summed E-state index contributed by atoms with van der Waals surface area (Å²) in [6.07, 6.45) is -0.948. The minimum Gasteiger partial charge on any atom is -0.480 e. The fourth-order valence-corrected chi connectivity index (χ4v) is 2.14. The molecule has 1 fully saturated rings. The SMILES string of the molecule is Nc1ccc(F)cc1C(=O)N1C[C@@H](O)C[C@H]1C(=O)O. The van der Waals surface area contributed by atoms with Crippen LogP contribution in [0, 0.1) is 5.82 Å². The second-order valence-electron chi connectivity index (χ2n) is 4.43. The van der Waals surface area contributed by atoms with Crippen molar-refractivity contribution < 1.29 is 24.2 Å². The van der Waals surface area contributed by atoms with Crippen LogP contribution in [0.2, 0.25) is 0 Å². The van der Waals surface area contributed by atoms with Gasteiger partial charge in [0.1, 0.15) is 11.9 Å². The summed E-state index contributed by atoms with van der Waals surface area (Å²) in [5.41, 5.74) is 5.56. The molecule has 0 bridgehead atoms. The van der Waals surface area contributed by atoms with E-state index < -0.39 is 29.8 Å². The van der Waals surface area contributed by atoms with Gasteiger partial charge in [0.25, 0.3) is 5.91 Å². The average molecular weight is 268 g/mol. The predicted molar refractivity (Wildman–Crippen MR) is 63.9 cm³/mol. The van der Waals surface area contributed by atoms with Crippen LogP contribution < -0.4 is 5.73 Å². The van der Waals surface area contributed by atoms with Gasteiger partial charge in [-0.1, -0.05) is 0 Å². The predicted octanol–water partition coefficient (Wildman–Crippen LogP) is 0.0679. The topological polar surface area (TPSA) is 104 Å². The Bertz CT molecular complexity index is 534. The lowest BCUT2D eigenvalue weighted by Crippen LogP contribution is -2.40. The highest BCUT2D eigenvalue weighted by atomic mass is 19.1. The van der Waals surface area contributed by atoms with Gasteiger partial charge >= 0.3 is 5.97 Å². The molecule has 0 saturated carbocycles. The van der Waals surface area contributed by atoms with Crippen LogP contribution in [-0.2, 0) is 4.79 Å². The number of carboxylic acid groups (broad SMARTS) is 1. The number of aliphatic hydroxyl groups excluding tert-OH is 1. The second kappa shape index (κ2) is 4.85. The highest BCUT2D eigenvalue weighted by Crippen LogP contribution is 2.23. The number of rotatable bonds is 2. The van der Waals surface area contributed by atoms with Gasteiger partial charge in [0.2, 0.25) is 0 Å². The third kappa shape index (κ3) is 2.50. The number of carboxylic acids is 1. The Morgan fingerprint density at radius 2 is 2.11 bits per heavy atom. The summed E-state index contributed by atoms with van der Waals surface area (Å²) in [6, 6.07) is 2.19. The van der Waals surface area contributed by atoms with E-state index in [2.05, 4.69) is 0 Å². The van der Waals surface area contributed by atoms with Crippen molar-refractivity contribution >= 4 is 17.6 Å². The summed E-state index contributed by atoms with van der Waals surface area (Å²) < 4.78 is 13.1. The third-order valence-corrected chi connectivity index (χ3v) is 3.07. The quantitative estimate of drug-likeness (QED) is 0.658. The molecule has 1 aromatic rings. The Labute approximate surface area is 108 Å². The van der Waals surface area contributed by atoms with Gasteiger partial charge in [0.15, 0.2) is 0 Å². The minimum atomic E-state index is -1.21. The van der Waals surface area contributed by atoms with E-state index in [-0.39, 0.29) is 24.2 Å². The molecule has 1 saturated heterocycles. The highest BCUT2D eigenvalue weighted by Gasteiger charge is 2.39. The summed E-state index contributed by atoms with van der Waals surface area (Å²) in [5, 5.41) is 18.5. The van der Waals surface area contributed by atoms with E-state index in [1.54, 1.807) is 0 Å². The molecule has 4 N–H and O–H groups in total. The number of likely N-dealkylation sites (tertiary alicyclic amines) is 1. The van der Waals surface area contributed by atoms with Gasteiger partial charge in [0.05, 0.1) is 11.7 Å². The number of aliphatic hydroxyl groups is 1. The van der Waals surface area contributed by atoms with Gasteiger partial charge in [-0.25, -0.2) is 9.18 Å². The van der Waals surface area contributed by atoms with Crippen LogP contribution in [0.1, 0.15) is 16.8 Å². The van der Waals surface area contributed by atoms with Gasteiger partial charge in [0, 0.05) is 18.7 Å². The number of nitrogens with two attached hydrogens (primary N) is 1. The Hall–Kier alpha value is -2.15. The smallest absolute Gasteiger partial charge is 0.326 e. The van der Waals surface area contributed by atoms with Crippen molar-refractivity contribution in [3.8, 4) is 0 Å². The fourth-order valence-electron chi connectivity index (χ4n) is 2.14. The number of benzene rings is 1. The van der Waals surface area contributed by atoms with E-state index in [0.29, 0.717) is 0 Å². The third-order valence-electron chi connectivity index (χ3n) is 3.07. The Morgan fingerprint density at radius 3 is 2.74 bits per heavy atom. The first-order chi connectivity index (χ1) is 8.90. The number of anilines is 1. The van der Waals surface area contributed by atoms with Crippen LogP contribution in [0.15, 0.2) is 18.2 Å². The van der Waals surface area contributed by atoms with Crippen LogP contribution in [0.25, 0.3) is 0 Å². The number of hydrogen-bond acceptors (Lipinski definition) is 4. The van der Waals surface area contributed by atoms with Crippen LogP contribution in [0.3, 0.4) is 0 Å². The largest absolute Gasteiger partial charge is 0.480 e. The molecule has 7 heteroatoms. The minimum absolute atomic E-state index is 0.0453. The standard InChI is InChI=1S/C12H13FN2O4/c13-6-1-2-9(14)8(3-6)11(17)15-5-7(16)4-10(15)12(18)19/h1-3,7,10,16H,4-5,14H2,(H,18,19)/t7-,10-/m0/s1. The first-order valence-electron chi connectivity index (χ1n) is 5.67. The molecule has 102 valence electrons. The summed E-state index contributed by atoms with van der Waals surface area (Å²) in [6.45, 7) is -0.105. The molecule has 1 amide bonds. The highest BCUT2D eigenvalue weighted by molar-refractivity contribution is 6.01. The van der Waals surface area contributed by atoms with E-state index in [1.807, 2.05) is 0 Å². The lowest BCUT2D eigenvalue weighted by atomic mass is 10.1. The van der Waals surface area contributed by atoms with Crippen molar-refractivity contribution in [1.82, 2.24) is 4.90 Å². The molecule has 0 spiro atoms. The maximum Gasteiger partial charge on any atom is 0.326 e. The number of hydrogen-bond donors (Lipinski definition) is 3. The van der Waals surface area contributed by atoms with Crippen molar-refractivity contribution in [2.24, 2.45) is 0 Å². The molecule has 2 rings (SSSR count). The number of amides is 1. The average Bonchev–Trinajstić information content (AvgIpc) is 2.74. The van der Waals surface area contributed by atoms with Crippen molar-refractivity contribution in [3.63, 3.8) is 0 Å². The lowest BCUT2D eigenvalue weighted by Gasteiger charge is -2.21. The fraction of sp³-hybridized carbons (Fsp3) is 0.333. The maximum absolute atomic E-state index is 13.1. The monoisotopic (exact) mass is 268 g/mol. The molecule has 6 nitrogen and oxygen atoms in total. The first-order valence-corrected chi connectivity index (χ1v) is 5.67. The summed E-state index contributed by atoms with van der Waals surface area (Å²) >= 11 is 0. The number of nitrogen functional groups attached to an aromatic ring is 1. The number of β-amino-alcohol motifs (C(OH)–C–C–N with tert-alkyl or cyclic N) is 1.